The Balaban J connectivity index is 2.12. The molecule has 0 unspecified atom stereocenters. The first kappa shape index (κ1) is 14.8. The summed E-state index contributed by atoms with van der Waals surface area (Å²) in [4.78, 5) is 16.2. The Bertz CT molecular complexity index is 681. The Labute approximate surface area is 124 Å². The highest BCUT2D eigenvalue weighted by Crippen LogP contribution is 2.12. The zero-order valence-corrected chi connectivity index (χ0v) is 11.9. The average molecular weight is 279 g/mol. The van der Waals surface area contributed by atoms with Gasteiger partial charge in [-0.15, -0.1) is 0 Å². The monoisotopic (exact) mass is 279 g/mol. The quantitative estimate of drug-likeness (QED) is 0.846. The van der Waals surface area contributed by atoms with Crippen molar-refractivity contribution in [1.29, 1.82) is 0 Å². The summed E-state index contributed by atoms with van der Waals surface area (Å²) >= 11 is 0. The van der Waals surface area contributed by atoms with Gasteiger partial charge in [0, 0.05) is 23.6 Å². The number of rotatable bonds is 3. The molecule has 3 N–H and O–H groups in total. The minimum absolute atomic E-state index is 0.205. The first-order valence-corrected chi connectivity index (χ1v) is 6.77. The van der Waals surface area contributed by atoms with Crippen LogP contribution in [0.5, 0.6) is 0 Å². The van der Waals surface area contributed by atoms with Crippen LogP contribution in [0.25, 0.3) is 0 Å². The van der Waals surface area contributed by atoms with Crippen LogP contribution < -0.4 is 11.1 Å². The maximum absolute atomic E-state index is 12.2. The van der Waals surface area contributed by atoms with Crippen molar-refractivity contribution in [1.82, 2.24) is 4.98 Å². The predicted molar refractivity (Wildman–Crippen MR) is 83.9 cm³/mol. The first-order chi connectivity index (χ1) is 10.2. The molecule has 1 aromatic carbocycles. The van der Waals surface area contributed by atoms with Gasteiger partial charge in [0.2, 0.25) is 0 Å². The molecular weight excluding hydrogens is 262 g/mol. The van der Waals surface area contributed by atoms with E-state index in [1.54, 1.807) is 12.3 Å². The van der Waals surface area contributed by atoms with E-state index >= 15 is 0 Å². The maximum Gasteiger partial charge on any atom is 0.257 e. The van der Waals surface area contributed by atoms with Gasteiger partial charge in [0.15, 0.2) is 0 Å². The number of nitrogens with one attached hydrogen (secondary N) is 1. The van der Waals surface area contributed by atoms with E-state index in [4.69, 9.17) is 5.73 Å². The number of aryl methyl sites for hydroxylation is 1. The van der Waals surface area contributed by atoms with E-state index < -0.39 is 0 Å². The standard InChI is InChI=1S/C17H17N3O/c1-2-13-5-7-16(8-6-13)20-17(21)15-10-14(4-3-9-18)11-19-12-15/h5-8,10-12H,2,9,18H2,1H3,(H,20,21). The van der Waals surface area contributed by atoms with Crippen LogP contribution in [0.3, 0.4) is 0 Å². The summed E-state index contributed by atoms with van der Waals surface area (Å²) < 4.78 is 0. The molecule has 4 heteroatoms. The van der Waals surface area contributed by atoms with Crippen LogP contribution in [0.2, 0.25) is 0 Å². The SMILES string of the molecule is CCc1ccc(NC(=O)c2cncc(C#CCN)c2)cc1. The molecule has 0 aliphatic rings. The molecular formula is C17H17N3O. The fourth-order valence-electron chi connectivity index (χ4n) is 1.81. The van der Waals surface area contributed by atoms with Gasteiger partial charge in [-0.25, -0.2) is 0 Å². The maximum atomic E-state index is 12.2. The Morgan fingerprint density at radius 1 is 1.29 bits per heavy atom. The molecule has 0 radical (unpaired) electrons. The second-order valence-electron chi connectivity index (χ2n) is 4.47. The van der Waals surface area contributed by atoms with Crippen molar-refractivity contribution in [3.8, 4) is 11.8 Å². The number of nitrogens with zero attached hydrogens (tertiary/aromatic N) is 1. The smallest absolute Gasteiger partial charge is 0.257 e. The molecule has 21 heavy (non-hydrogen) atoms. The normalized spacial score (nSPS) is 9.62. The molecule has 1 amide bonds. The van der Waals surface area contributed by atoms with E-state index in [1.807, 2.05) is 24.3 Å². The highest BCUT2D eigenvalue weighted by molar-refractivity contribution is 6.04. The van der Waals surface area contributed by atoms with Gasteiger partial charge in [-0.2, -0.15) is 0 Å². The molecule has 2 rings (SSSR count). The van der Waals surface area contributed by atoms with Gasteiger partial charge in [0.25, 0.3) is 5.91 Å². The molecule has 1 heterocycles. The number of amides is 1. The molecule has 0 bridgehead atoms. The lowest BCUT2D eigenvalue weighted by atomic mass is 10.1. The Morgan fingerprint density at radius 3 is 2.71 bits per heavy atom. The van der Waals surface area contributed by atoms with Crippen molar-refractivity contribution < 1.29 is 4.79 Å². The summed E-state index contributed by atoms with van der Waals surface area (Å²) in [6.45, 7) is 2.37. The van der Waals surface area contributed by atoms with Crippen LogP contribution >= 0.6 is 0 Å². The molecule has 0 saturated heterocycles. The topological polar surface area (TPSA) is 68.0 Å². The Hall–Kier alpha value is -2.64. The molecule has 0 aliphatic carbocycles. The number of aromatic nitrogens is 1. The van der Waals surface area contributed by atoms with E-state index in [-0.39, 0.29) is 12.5 Å². The van der Waals surface area contributed by atoms with Crippen LogP contribution in [0.1, 0.15) is 28.4 Å². The molecule has 0 saturated carbocycles. The van der Waals surface area contributed by atoms with Crippen molar-refractivity contribution in [2.75, 3.05) is 11.9 Å². The molecule has 4 nitrogen and oxygen atoms in total. The number of benzene rings is 1. The van der Waals surface area contributed by atoms with Gasteiger partial charge in [0.1, 0.15) is 0 Å². The zero-order valence-electron chi connectivity index (χ0n) is 11.9. The van der Waals surface area contributed by atoms with Crippen molar-refractivity contribution >= 4 is 11.6 Å². The minimum atomic E-state index is -0.205. The van der Waals surface area contributed by atoms with E-state index in [9.17, 15) is 4.79 Å². The van der Waals surface area contributed by atoms with Gasteiger partial charge < -0.3 is 11.1 Å². The van der Waals surface area contributed by atoms with Crippen LogP contribution in [0.4, 0.5) is 5.69 Å². The molecule has 0 spiro atoms. The summed E-state index contributed by atoms with van der Waals surface area (Å²) in [6, 6.07) is 9.48. The molecule has 0 aliphatic heterocycles. The van der Waals surface area contributed by atoms with Crippen molar-refractivity contribution in [2.45, 2.75) is 13.3 Å². The van der Waals surface area contributed by atoms with Gasteiger partial charge in [-0.05, 0) is 30.2 Å². The third kappa shape index (κ3) is 4.16. The highest BCUT2D eigenvalue weighted by Gasteiger charge is 2.07. The lowest BCUT2D eigenvalue weighted by molar-refractivity contribution is 0.102. The first-order valence-electron chi connectivity index (χ1n) is 6.77. The van der Waals surface area contributed by atoms with Crippen LogP contribution in [0.15, 0.2) is 42.7 Å². The van der Waals surface area contributed by atoms with Crippen LogP contribution in [-0.4, -0.2) is 17.4 Å². The Kier molecular flexibility index (Phi) is 5.08. The number of nitrogens with two attached hydrogens (primary N) is 1. The van der Waals surface area contributed by atoms with Crippen LogP contribution in [-0.2, 0) is 6.42 Å². The Morgan fingerprint density at radius 2 is 2.05 bits per heavy atom. The minimum Gasteiger partial charge on any atom is -0.322 e. The molecule has 2 aromatic rings. The second kappa shape index (κ2) is 7.22. The fourth-order valence-corrected chi connectivity index (χ4v) is 1.81. The van der Waals surface area contributed by atoms with Gasteiger partial charge in [-0.1, -0.05) is 30.9 Å². The number of carbonyl (C=O) groups excluding carboxylic acids is 1. The lowest BCUT2D eigenvalue weighted by Gasteiger charge is -2.06. The van der Waals surface area contributed by atoms with Crippen LogP contribution in [0, 0.1) is 11.8 Å². The lowest BCUT2D eigenvalue weighted by Crippen LogP contribution is -2.12. The molecule has 1 aromatic heterocycles. The molecule has 0 atom stereocenters. The van der Waals surface area contributed by atoms with Crippen molar-refractivity contribution in [3.63, 3.8) is 0 Å². The average Bonchev–Trinajstić information content (AvgIpc) is 2.54. The van der Waals surface area contributed by atoms with E-state index in [1.165, 1.54) is 11.8 Å². The summed E-state index contributed by atoms with van der Waals surface area (Å²) in [6.07, 6.45) is 4.10. The number of anilines is 1. The highest BCUT2D eigenvalue weighted by atomic mass is 16.1. The summed E-state index contributed by atoms with van der Waals surface area (Å²) in [5, 5.41) is 2.84. The van der Waals surface area contributed by atoms with E-state index in [0.717, 1.165) is 12.1 Å². The van der Waals surface area contributed by atoms with Gasteiger partial charge in [-0.3, -0.25) is 9.78 Å². The predicted octanol–water partition coefficient (Wildman–Crippen LogP) is 2.21. The largest absolute Gasteiger partial charge is 0.322 e. The molecule has 0 fully saturated rings. The van der Waals surface area contributed by atoms with Crippen molar-refractivity contribution in [3.05, 3.63) is 59.4 Å². The van der Waals surface area contributed by atoms with E-state index in [0.29, 0.717) is 11.1 Å². The van der Waals surface area contributed by atoms with Gasteiger partial charge >= 0.3 is 0 Å². The second-order valence-corrected chi connectivity index (χ2v) is 4.47. The van der Waals surface area contributed by atoms with E-state index in [2.05, 4.69) is 29.1 Å². The number of hydrogen-bond acceptors (Lipinski definition) is 3. The summed E-state index contributed by atoms with van der Waals surface area (Å²) in [5.74, 6) is 5.39. The zero-order chi connectivity index (χ0) is 15.1. The van der Waals surface area contributed by atoms with Gasteiger partial charge in [0.05, 0.1) is 12.1 Å². The number of carbonyl (C=O) groups is 1. The third-order valence-electron chi connectivity index (χ3n) is 2.96. The number of hydrogen-bond donors (Lipinski definition) is 2. The number of pyridine rings is 1. The fraction of sp³-hybridized carbons (Fsp3) is 0.176. The summed E-state index contributed by atoms with van der Waals surface area (Å²) in [7, 11) is 0. The molecule has 106 valence electrons. The summed E-state index contributed by atoms with van der Waals surface area (Å²) in [5.41, 5.74) is 8.46. The third-order valence-corrected chi connectivity index (χ3v) is 2.96. The van der Waals surface area contributed by atoms with Crippen molar-refractivity contribution in [2.24, 2.45) is 5.73 Å².